The van der Waals surface area contributed by atoms with E-state index in [2.05, 4.69) is 16.0 Å². The fourth-order valence-electron chi connectivity index (χ4n) is 1.69. The molecule has 0 saturated heterocycles. The Bertz CT molecular complexity index is 545. The first-order valence-corrected chi connectivity index (χ1v) is 6.96. The van der Waals surface area contributed by atoms with Gasteiger partial charge in [0.2, 0.25) is 5.91 Å². The monoisotopic (exact) mass is 307 g/mol. The lowest BCUT2D eigenvalue weighted by Crippen LogP contribution is -2.41. The molecule has 0 spiro atoms. The third kappa shape index (κ3) is 5.53. The Morgan fingerprint density at radius 2 is 1.91 bits per heavy atom. The molecule has 0 fully saturated rings. The van der Waals surface area contributed by atoms with Gasteiger partial charge in [0.25, 0.3) is 0 Å². The number of likely N-dealkylation sites (N-methyl/N-ethyl adjacent to an activating group) is 1. The average Bonchev–Trinajstić information content (AvgIpc) is 2.52. The number of anilines is 1. The molecule has 1 aromatic carbocycles. The summed E-state index contributed by atoms with van der Waals surface area (Å²) in [5, 5.41) is 7.24. The van der Waals surface area contributed by atoms with Crippen LogP contribution in [0.15, 0.2) is 24.3 Å². The zero-order valence-corrected chi connectivity index (χ0v) is 12.9. The Balaban J connectivity index is 2.57. The summed E-state index contributed by atoms with van der Waals surface area (Å²) in [5.74, 6) is -2.04. The summed E-state index contributed by atoms with van der Waals surface area (Å²) in [6.45, 7) is 3.87. The second kappa shape index (κ2) is 8.78. The average molecular weight is 307 g/mol. The van der Waals surface area contributed by atoms with E-state index in [0.717, 1.165) is 5.56 Å². The fraction of sp³-hybridized carbons (Fsp3) is 0.400. The van der Waals surface area contributed by atoms with Gasteiger partial charge in [-0.05, 0) is 31.5 Å². The highest BCUT2D eigenvalue weighted by atomic mass is 16.5. The molecule has 0 unspecified atom stereocenters. The van der Waals surface area contributed by atoms with Gasteiger partial charge in [0.05, 0.1) is 12.6 Å². The standard InChI is InChI=1S/C15H21N3O4/c1-4-16-13(19)9-17-14(20)15(21)18-12-7-5-6-11(8-12)10(2)22-3/h5-8,10H,4,9H2,1-3H3,(H,16,19)(H,17,20)(H,18,21)/t10-/m0/s1. The lowest BCUT2D eigenvalue weighted by atomic mass is 10.1. The first kappa shape index (κ1) is 17.6. The van der Waals surface area contributed by atoms with Crippen molar-refractivity contribution in [1.82, 2.24) is 10.6 Å². The quantitative estimate of drug-likeness (QED) is 0.670. The number of carbonyl (C=O) groups is 3. The van der Waals surface area contributed by atoms with Gasteiger partial charge < -0.3 is 20.7 Å². The molecule has 7 nitrogen and oxygen atoms in total. The molecule has 0 heterocycles. The van der Waals surface area contributed by atoms with Crippen LogP contribution in [-0.2, 0) is 19.1 Å². The van der Waals surface area contributed by atoms with Crippen molar-refractivity contribution in [2.45, 2.75) is 20.0 Å². The van der Waals surface area contributed by atoms with Crippen LogP contribution in [0.2, 0.25) is 0 Å². The molecule has 0 aliphatic rings. The first-order valence-electron chi connectivity index (χ1n) is 6.96. The molecule has 0 saturated carbocycles. The van der Waals surface area contributed by atoms with E-state index in [1.165, 1.54) is 0 Å². The van der Waals surface area contributed by atoms with Gasteiger partial charge in [0, 0.05) is 19.3 Å². The highest BCUT2D eigenvalue weighted by Crippen LogP contribution is 2.19. The summed E-state index contributed by atoms with van der Waals surface area (Å²) in [6, 6.07) is 7.01. The predicted octanol–water partition coefficient (Wildman–Crippen LogP) is 0.585. The molecule has 0 aromatic heterocycles. The maximum atomic E-state index is 11.7. The van der Waals surface area contributed by atoms with Gasteiger partial charge in [-0.3, -0.25) is 14.4 Å². The van der Waals surface area contributed by atoms with Crippen molar-refractivity contribution in [1.29, 1.82) is 0 Å². The van der Waals surface area contributed by atoms with Crippen molar-refractivity contribution in [2.24, 2.45) is 0 Å². The Labute approximate surface area is 129 Å². The Hall–Kier alpha value is -2.41. The van der Waals surface area contributed by atoms with E-state index in [1.54, 1.807) is 32.2 Å². The number of benzene rings is 1. The summed E-state index contributed by atoms with van der Waals surface area (Å²) >= 11 is 0. The lowest BCUT2D eigenvalue weighted by Gasteiger charge is -2.12. The summed E-state index contributed by atoms with van der Waals surface area (Å²) in [6.07, 6.45) is -0.122. The maximum absolute atomic E-state index is 11.7. The number of rotatable bonds is 6. The summed E-state index contributed by atoms with van der Waals surface area (Å²) in [4.78, 5) is 34.6. The van der Waals surface area contributed by atoms with Crippen molar-refractivity contribution in [3.63, 3.8) is 0 Å². The van der Waals surface area contributed by atoms with Gasteiger partial charge in [-0.1, -0.05) is 12.1 Å². The van der Waals surface area contributed by atoms with E-state index < -0.39 is 11.8 Å². The van der Waals surface area contributed by atoms with E-state index >= 15 is 0 Å². The minimum Gasteiger partial charge on any atom is -0.377 e. The van der Waals surface area contributed by atoms with Crippen molar-refractivity contribution >= 4 is 23.4 Å². The van der Waals surface area contributed by atoms with Gasteiger partial charge in [-0.25, -0.2) is 0 Å². The predicted molar refractivity (Wildman–Crippen MR) is 82.2 cm³/mol. The minimum atomic E-state index is -0.864. The SMILES string of the molecule is CCNC(=O)CNC(=O)C(=O)Nc1cccc([C@H](C)OC)c1. The summed E-state index contributed by atoms with van der Waals surface area (Å²) in [7, 11) is 1.59. The van der Waals surface area contributed by atoms with Crippen molar-refractivity contribution in [2.75, 3.05) is 25.5 Å². The number of nitrogens with one attached hydrogen (secondary N) is 3. The van der Waals surface area contributed by atoms with Gasteiger partial charge >= 0.3 is 11.8 Å². The van der Waals surface area contributed by atoms with E-state index in [1.807, 2.05) is 13.0 Å². The number of ether oxygens (including phenoxy) is 1. The molecule has 1 atom stereocenters. The number of amides is 3. The molecule has 3 N–H and O–H groups in total. The Morgan fingerprint density at radius 3 is 2.55 bits per heavy atom. The van der Waals surface area contributed by atoms with Crippen LogP contribution in [0.3, 0.4) is 0 Å². The molecule has 22 heavy (non-hydrogen) atoms. The normalized spacial score (nSPS) is 11.4. The first-order chi connectivity index (χ1) is 10.5. The van der Waals surface area contributed by atoms with Gasteiger partial charge in [0.15, 0.2) is 0 Å². The van der Waals surface area contributed by atoms with Crippen LogP contribution in [0.1, 0.15) is 25.5 Å². The number of hydrogen-bond acceptors (Lipinski definition) is 4. The van der Waals surface area contributed by atoms with Gasteiger partial charge in [-0.15, -0.1) is 0 Å². The van der Waals surface area contributed by atoms with Crippen LogP contribution >= 0.6 is 0 Å². The molecule has 1 rings (SSSR count). The number of methoxy groups -OCH3 is 1. The van der Waals surface area contributed by atoms with Crippen LogP contribution in [-0.4, -0.2) is 37.9 Å². The van der Waals surface area contributed by atoms with Crippen LogP contribution in [0.4, 0.5) is 5.69 Å². The molecule has 3 amide bonds. The van der Waals surface area contributed by atoms with Crippen molar-refractivity contribution in [3.05, 3.63) is 29.8 Å². The highest BCUT2D eigenvalue weighted by Gasteiger charge is 2.15. The van der Waals surface area contributed by atoms with Crippen LogP contribution in [0.5, 0.6) is 0 Å². The topological polar surface area (TPSA) is 96.5 Å². The molecule has 0 aliphatic carbocycles. The van der Waals surface area contributed by atoms with Crippen LogP contribution < -0.4 is 16.0 Å². The maximum Gasteiger partial charge on any atom is 0.313 e. The third-order valence-electron chi connectivity index (χ3n) is 2.96. The van der Waals surface area contributed by atoms with Gasteiger partial charge in [0.1, 0.15) is 0 Å². The van der Waals surface area contributed by atoms with Crippen LogP contribution in [0.25, 0.3) is 0 Å². The molecule has 7 heteroatoms. The molecular weight excluding hydrogens is 286 g/mol. The molecule has 0 aliphatic heterocycles. The molecule has 120 valence electrons. The smallest absolute Gasteiger partial charge is 0.313 e. The second-order valence-corrected chi connectivity index (χ2v) is 4.59. The van der Waals surface area contributed by atoms with E-state index in [4.69, 9.17) is 4.74 Å². The van der Waals surface area contributed by atoms with E-state index in [9.17, 15) is 14.4 Å². The number of carbonyl (C=O) groups excluding carboxylic acids is 3. The van der Waals surface area contributed by atoms with E-state index in [0.29, 0.717) is 12.2 Å². The summed E-state index contributed by atoms with van der Waals surface area (Å²) < 4.78 is 5.20. The van der Waals surface area contributed by atoms with E-state index in [-0.39, 0.29) is 18.6 Å². The fourth-order valence-corrected chi connectivity index (χ4v) is 1.69. The second-order valence-electron chi connectivity index (χ2n) is 4.59. The lowest BCUT2D eigenvalue weighted by molar-refractivity contribution is -0.136. The minimum absolute atomic E-state index is 0.122. The third-order valence-corrected chi connectivity index (χ3v) is 2.96. The Kier molecular flexibility index (Phi) is 7.04. The van der Waals surface area contributed by atoms with Crippen LogP contribution in [0, 0.1) is 0 Å². The zero-order chi connectivity index (χ0) is 16.5. The molecular formula is C15H21N3O4. The highest BCUT2D eigenvalue weighted by molar-refractivity contribution is 6.39. The largest absolute Gasteiger partial charge is 0.377 e. The summed E-state index contributed by atoms with van der Waals surface area (Å²) in [5.41, 5.74) is 1.36. The molecule has 0 bridgehead atoms. The molecule has 0 radical (unpaired) electrons. The Morgan fingerprint density at radius 1 is 1.18 bits per heavy atom. The van der Waals surface area contributed by atoms with Gasteiger partial charge in [-0.2, -0.15) is 0 Å². The van der Waals surface area contributed by atoms with Crippen molar-refractivity contribution < 1.29 is 19.1 Å². The molecule has 1 aromatic rings. The van der Waals surface area contributed by atoms with Crippen molar-refractivity contribution in [3.8, 4) is 0 Å². The number of hydrogen-bond donors (Lipinski definition) is 3. The zero-order valence-electron chi connectivity index (χ0n) is 12.9.